The Morgan fingerprint density at radius 1 is 1.29 bits per heavy atom. The van der Waals surface area contributed by atoms with Crippen LogP contribution >= 0.6 is 0 Å². The Kier molecular flexibility index (Phi) is 4.34. The lowest BCUT2D eigenvalue weighted by molar-refractivity contribution is -0.146. The van der Waals surface area contributed by atoms with E-state index in [0.29, 0.717) is 10.9 Å². The van der Waals surface area contributed by atoms with Crippen molar-refractivity contribution in [2.45, 2.75) is 12.5 Å². The minimum atomic E-state index is -1.54. The van der Waals surface area contributed by atoms with Gasteiger partial charge in [-0.1, -0.05) is 12.1 Å². The van der Waals surface area contributed by atoms with E-state index in [1.54, 1.807) is 24.3 Å². The predicted molar refractivity (Wildman–Crippen MR) is 75.2 cm³/mol. The summed E-state index contributed by atoms with van der Waals surface area (Å²) in [6.07, 6.45) is -0.361. The number of aromatic nitrogens is 1. The molecule has 0 aliphatic heterocycles. The van der Waals surface area contributed by atoms with Crippen LogP contribution in [-0.2, 0) is 4.79 Å². The van der Waals surface area contributed by atoms with Crippen LogP contribution in [0, 0.1) is 0 Å². The number of nitrogens with one attached hydrogen (secondary N) is 2. The summed E-state index contributed by atoms with van der Waals surface area (Å²) < 4.78 is 0. The average Bonchev–Trinajstić information content (AvgIpc) is 2.47. The molecule has 1 aromatic carbocycles. The van der Waals surface area contributed by atoms with Gasteiger partial charge < -0.3 is 20.5 Å². The topological polar surface area (TPSA) is 119 Å². The number of carbonyl (C=O) groups excluding carboxylic acids is 1. The Morgan fingerprint density at radius 2 is 2.00 bits per heavy atom. The fourth-order valence-electron chi connectivity index (χ4n) is 1.88. The molecule has 0 radical (unpaired) electrons. The Bertz CT molecular complexity index is 737. The van der Waals surface area contributed by atoms with Crippen molar-refractivity contribution in [1.82, 2.24) is 10.3 Å². The maximum Gasteiger partial charge on any atom is 0.332 e. The van der Waals surface area contributed by atoms with Crippen molar-refractivity contribution in [2.75, 3.05) is 6.54 Å². The van der Waals surface area contributed by atoms with E-state index >= 15 is 0 Å². The number of hydrogen-bond acceptors (Lipinski definition) is 4. The number of aliphatic carboxylic acids is 1. The molecule has 0 aliphatic carbocycles. The number of rotatable bonds is 5. The normalized spacial score (nSPS) is 12.0. The first kappa shape index (κ1) is 14.7. The number of amides is 1. The molecule has 1 atom stereocenters. The third-order valence-electron chi connectivity index (χ3n) is 3.02. The molecule has 110 valence electrons. The van der Waals surface area contributed by atoms with Gasteiger partial charge in [-0.05, 0) is 12.1 Å². The van der Waals surface area contributed by atoms with Crippen LogP contribution in [0.4, 0.5) is 0 Å². The molecule has 0 spiro atoms. The number of H-pyrrole nitrogens is 1. The minimum absolute atomic E-state index is 0.0431. The molecule has 1 amide bonds. The number of carboxylic acids is 1. The van der Waals surface area contributed by atoms with Crippen LogP contribution in [0.15, 0.2) is 35.3 Å². The maximum atomic E-state index is 12.2. The molecule has 7 heteroatoms. The zero-order valence-electron chi connectivity index (χ0n) is 11.0. The molecule has 0 bridgehead atoms. The number of para-hydroxylation sites is 1. The summed E-state index contributed by atoms with van der Waals surface area (Å²) in [6, 6.07) is 6.80. The third kappa shape index (κ3) is 3.26. The van der Waals surface area contributed by atoms with E-state index in [4.69, 9.17) is 10.2 Å². The largest absolute Gasteiger partial charge is 0.479 e. The number of carbonyl (C=O) groups is 2. The fraction of sp³-hybridized carbons (Fsp3) is 0.214. The number of aromatic amines is 1. The molecule has 1 heterocycles. The van der Waals surface area contributed by atoms with Crippen molar-refractivity contribution < 1.29 is 19.8 Å². The Hall–Kier alpha value is -2.67. The number of aliphatic hydroxyl groups excluding tert-OH is 1. The lowest BCUT2D eigenvalue weighted by Gasteiger charge is -2.07. The van der Waals surface area contributed by atoms with Crippen molar-refractivity contribution in [1.29, 1.82) is 0 Å². The highest BCUT2D eigenvalue weighted by Gasteiger charge is 2.15. The van der Waals surface area contributed by atoms with Crippen molar-refractivity contribution in [3.63, 3.8) is 0 Å². The first-order chi connectivity index (χ1) is 10.0. The molecule has 0 saturated heterocycles. The average molecular weight is 290 g/mol. The highest BCUT2D eigenvalue weighted by atomic mass is 16.4. The second kappa shape index (κ2) is 6.19. The van der Waals surface area contributed by atoms with Crippen LogP contribution in [0.3, 0.4) is 0 Å². The van der Waals surface area contributed by atoms with Crippen LogP contribution < -0.4 is 10.7 Å². The van der Waals surface area contributed by atoms with E-state index in [9.17, 15) is 14.4 Å². The van der Waals surface area contributed by atoms with Gasteiger partial charge in [-0.15, -0.1) is 0 Å². The molecule has 2 aromatic rings. The Balaban J connectivity index is 2.11. The van der Waals surface area contributed by atoms with E-state index in [1.165, 1.54) is 6.20 Å². The van der Waals surface area contributed by atoms with Crippen molar-refractivity contribution in [3.05, 3.63) is 46.2 Å². The molecule has 0 saturated carbocycles. The molecule has 7 nitrogen and oxygen atoms in total. The number of carboxylic acid groups (broad SMARTS) is 1. The van der Waals surface area contributed by atoms with Crippen LogP contribution in [0.25, 0.3) is 10.9 Å². The van der Waals surface area contributed by atoms with Gasteiger partial charge in [0, 0.05) is 30.1 Å². The minimum Gasteiger partial charge on any atom is -0.479 e. The highest BCUT2D eigenvalue weighted by molar-refractivity contribution is 5.97. The lowest BCUT2D eigenvalue weighted by Crippen LogP contribution is -2.32. The summed E-state index contributed by atoms with van der Waals surface area (Å²) >= 11 is 0. The summed E-state index contributed by atoms with van der Waals surface area (Å²) in [5.74, 6) is -1.97. The van der Waals surface area contributed by atoms with Crippen LogP contribution in [-0.4, -0.2) is 39.7 Å². The van der Waals surface area contributed by atoms with E-state index in [0.717, 1.165) is 0 Å². The quantitative estimate of drug-likeness (QED) is 0.622. The number of fused-ring (bicyclic) bond motifs is 1. The smallest absolute Gasteiger partial charge is 0.332 e. The maximum absolute atomic E-state index is 12.2. The molecular formula is C14H14N2O5. The summed E-state index contributed by atoms with van der Waals surface area (Å²) in [6.45, 7) is -0.0431. The first-order valence-electron chi connectivity index (χ1n) is 6.30. The number of hydrogen-bond donors (Lipinski definition) is 4. The number of aliphatic hydroxyl groups is 1. The summed E-state index contributed by atoms with van der Waals surface area (Å²) in [4.78, 5) is 37.3. The third-order valence-corrected chi connectivity index (χ3v) is 3.02. The van der Waals surface area contributed by atoms with Crippen molar-refractivity contribution >= 4 is 22.8 Å². The van der Waals surface area contributed by atoms with Gasteiger partial charge in [-0.2, -0.15) is 0 Å². The van der Waals surface area contributed by atoms with E-state index in [-0.39, 0.29) is 18.5 Å². The second-order valence-electron chi connectivity index (χ2n) is 4.48. The van der Waals surface area contributed by atoms with Gasteiger partial charge in [0.1, 0.15) is 5.56 Å². The van der Waals surface area contributed by atoms with E-state index < -0.39 is 23.4 Å². The zero-order chi connectivity index (χ0) is 15.4. The Morgan fingerprint density at radius 3 is 2.71 bits per heavy atom. The standard InChI is InChI=1S/C14H14N2O5/c17-11(14(20)21)5-6-15-13(19)9-7-16-10-4-2-1-3-8(10)12(9)18/h1-4,7,11,17H,5-6H2,(H,15,19)(H,16,18)(H,20,21)/t11-/m0/s1. The van der Waals surface area contributed by atoms with Gasteiger partial charge in [0.25, 0.3) is 5.91 Å². The molecular weight excluding hydrogens is 276 g/mol. The van der Waals surface area contributed by atoms with Gasteiger partial charge in [0.2, 0.25) is 5.43 Å². The zero-order valence-corrected chi connectivity index (χ0v) is 11.0. The molecule has 0 aliphatic rings. The number of benzene rings is 1. The molecule has 1 aromatic heterocycles. The second-order valence-corrected chi connectivity index (χ2v) is 4.48. The first-order valence-corrected chi connectivity index (χ1v) is 6.30. The van der Waals surface area contributed by atoms with Crippen LogP contribution in [0.1, 0.15) is 16.8 Å². The molecule has 21 heavy (non-hydrogen) atoms. The predicted octanol–water partition coefficient (Wildman–Crippen LogP) is 0.0935. The number of pyridine rings is 1. The van der Waals surface area contributed by atoms with Gasteiger partial charge in [0.15, 0.2) is 6.10 Å². The van der Waals surface area contributed by atoms with E-state index in [2.05, 4.69) is 10.3 Å². The van der Waals surface area contributed by atoms with Gasteiger partial charge in [0.05, 0.1) is 0 Å². The van der Waals surface area contributed by atoms with Gasteiger partial charge in [-0.25, -0.2) is 4.79 Å². The van der Waals surface area contributed by atoms with Gasteiger partial charge >= 0.3 is 5.97 Å². The highest BCUT2D eigenvalue weighted by Crippen LogP contribution is 2.06. The molecule has 0 unspecified atom stereocenters. The van der Waals surface area contributed by atoms with Crippen LogP contribution in [0.2, 0.25) is 0 Å². The van der Waals surface area contributed by atoms with Crippen molar-refractivity contribution in [2.24, 2.45) is 0 Å². The Labute approximate surface area is 119 Å². The summed E-state index contributed by atoms with van der Waals surface area (Å²) in [5.41, 5.74) is 0.166. The van der Waals surface area contributed by atoms with Crippen LogP contribution in [0.5, 0.6) is 0 Å². The fourth-order valence-corrected chi connectivity index (χ4v) is 1.88. The van der Waals surface area contributed by atoms with E-state index in [1.807, 2.05) is 0 Å². The molecule has 4 N–H and O–H groups in total. The summed E-state index contributed by atoms with van der Waals surface area (Å²) in [7, 11) is 0. The summed E-state index contributed by atoms with van der Waals surface area (Å²) in [5, 5.41) is 20.4. The molecule has 2 rings (SSSR count). The monoisotopic (exact) mass is 290 g/mol. The van der Waals surface area contributed by atoms with Crippen molar-refractivity contribution in [3.8, 4) is 0 Å². The lowest BCUT2D eigenvalue weighted by atomic mass is 10.1. The SMILES string of the molecule is O=C(NCC[C@H](O)C(=O)O)c1c[nH]c2ccccc2c1=O. The molecule has 0 fully saturated rings. The van der Waals surface area contributed by atoms with Gasteiger partial charge in [-0.3, -0.25) is 9.59 Å².